The van der Waals surface area contributed by atoms with Crippen LogP contribution in [-0.4, -0.2) is 19.5 Å². The SMILES string of the molecule is [C-]#[N+]c1ccc2c(c1)c1cc([N+]#[C-])ccc1n2-c1c(/C(C=C)=C/C=C)cc(-c2nc(-c3ccccc3)nc(-c3ccc(-c4ccccc4)cc3)n2)cc1-c1ccccc1. The molecule has 0 amide bonds. The number of rotatable bonds is 9. The smallest absolute Gasteiger partial charge is 0.188 e. The van der Waals surface area contributed by atoms with Gasteiger partial charge in [-0.05, 0) is 69.4 Å². The molecular formula is C53H34N6. The Hall–Kier alpha value is -8.45. The fraction of sp³-hybridized carbons (Fsp3) is 0. The predicted octanol–water partition coefficient (Wildman–Crippen LogP) is 14.2. The zero-order valence-electron chi connectivity index (χ0n) is 31.9. The van der Waals surface area contributed by atoms with Crippen LogP contribution in [0.3, 0.4) is 0 Å². The average Bonchev–Trinajstić information content (AvgIpc) is 3.63. The predicted molar refractivity (Wildman–Crippen MR) is 242 cm³/mol. The van der Waals surface area contributed by atoms with E-state index in [9.17, 15) is 0 Å². The number of benzene rings is 7. The minimum Gasteiger partial charge on any atom is -0.308 e. The van der Waals surface area contributed by atoms with Crippen molar-refractivity contribution in [2.24, 2.45) is 0 Å². The van der Waals surface area contributed by atoms with E-state index in [1.807, 2.05) is 115 Å². The summed E-state index contributed by atoms with van der Waals surface area (Å²) in [5.41, 5.74) is 12.1. The molecule has 0 aliphatic carbocycles. The van der Waals surface area contributed by atoms with Crippen LogP contribution in [0.15, 0.2) is 195 Å². The van der Waals surface area contributed by atoms with Gasteiger partial charge in [-0.3, -0.25) is 0 Å². The van der Waals surface area contributed by atoms with E-state index in [4.69, 9.17) is 28.1 Å². The van der Waals surface area contributed by atoms with Gasteiger partial charge in [-0.2, -0.15) is 0 Å². The topological polar surface area (TPSA) is 52.3 Å². The first-order valence-corrected chi connectivity index (χ1v) is 19.1. The quantitative estimate of drug-likeness (QED) is 0.109. The molecular weight excluding hydrogens is 721 g/mol. The molecule has 59 heavy (non-hydrogen) atoms. The van der Waals surface area contributed by atoms with E-state index in [-0.39, 0.29) is 0 Å². The summed E-state index contributed by atoms with van der Waals surface area (Å²) < 4.78 is 2.23. The summed E-state index contributed by atoms with van der Waals surface area (Å²) in [6, 6.07) is 54.6. The van der Waals surface area contributed by atoms with Crippen LogP contribution >= 0.6 is 0 Å². The molecule has 7 aromatic carbocycles. The fourth-order valence-electron chi connectivity index (χ4n) is 7.63. The number of aromatic nitrogens is 4. The molecule has 276 valence electrons. The largest absolute Gasteiger partial charge is 0.308 e. The van der Waals surface area contributed by atoms with Crippen molar-refractivity contribution in [3.8, 4) is 62.1 Å². The Morgan fingerprint density at radius 3 is 1.46 bits per heavy atom. The summed E-state index contributed by atoms with van der Waals surface area (Å²) in [4.78, 5) is 22.9. The third-order valence-corrected chi connectivity index (χ3v) is 10.4. The molecule has 0 bridgehead atoms. The number of fused-ring (bicyclic) bond motifs is 3. The van der Waals surface area contributed by atoms with Crippen LogP contribution < -0.4 is 0 Å². The highest BCUT2D eigenvalue weighted by atomic mass is 15.0. The summed E-state index contributed by atoms with van der Waals surface area (Å²) in [7, 11) is 0. The number of allylic oxidation sites excluding steroid dienone is 4. The zero-order chi connectivity index (χ0) is 40.3. The summed E-state index contributed by atoms with van der Waals surface area (Å²) in [6.07, 6.45) is 5.55. The molecule has 6 nitrogen and oxygen atoms in total. The van der Waals surface area contributed by atoms with Crippen LogP contribution in [0.4, 0.5) is 11.4 Å². The minimum atomic E-state index is 0.513. The third-order valence-electron chi connectivity index (χ3n) is 10.4. The first-order valence-electron chi connectivity index (χ1n) is 19.1. The van der Waals surface area contributed by atoms with Crippen molar-refractivity contribution in [3.63, 3.8) is 0 Å². The molecule has 0 fully saturated rings. The molecule has 0 N–H and O–H groups in total. The summed E-state index contributed by atoms with van der Waals surface area (Å²) in [5.74, 6) is 1.63. The van der Waals surface area contributed by atoms with Crippen molar-refractivity contribution >= 4 is 38.8 Å². The Kier molecular flexibility index (Phi) is 9.57. The second kappa shape index (κ2) is 15.6. The minimum absolute atomic E-state index is 0.513. The van der Waals surface area contributed by atoms with Gasteiger partial charge in [-0.15, -0.1) is 0 Å². The molecule has 0 atom stereocenters. The lowest BCUT2D eigenvalue weighted by atomic mass is 9.92. The lowest BCUT2D eigenvalue weighted by molar-refractivity contribution is 1.07. The van der Waals surface area contributed by atoms with Gasteiger partial charge in [0, 0.05) is 27.8 Å². The first-order chi connectivity index (χ1) is 29.1. The fourth-order valence-corrected chi connectivity index (χ4v) is 7.63. The molecule has 9 aromatic rings. The molecule has 0 aliphatic rings. The van der Waals surface area contributed by atoms with Crippen LogP contribution in [0.25, 0.3) is 99.2 Å². The van der Waals surface area contributed by atoms with Crippen molar-refractivity contribution in [3.05, 3.63) is 224 Å². The molecule has 2 heterocycles. The van der Waals surface area contributed by atoms with E-state index in [1.54, 1.807) is 6.08 Å². The van der Waals surface area contributed by atoms with Crippen LogP contribution in [0.5, 0.6) is 0 Å². The van der Waals surface area contributed by atoms with Crippen molar-refractivity contribution in [1.82, 2.24) is 19.5 Å². The van der Waals surface area contributed by atoms with E-state index >= 15 is 0 Å². The molecule has 0 saturated carbocycles. The average molecular weight is 755 g/mol. The van der Waals surface area contributed by atoms with Gasteiger partial charge in [0.1, 0.15) is 0 Å². The van der Waals surface area contributed by atoms with Gasteiger partial charge in [0.15, 0.2) is 28.8 Å². The Balaban J connectivity index is 1.35. The maximum absolute atomic E-state index is 7.80. The van der Waals surface area contributed by atoms with Crippen LogP contribution in [-0.2, 0) is 0 Å². The van der Waals surface area contributed by atoms with Gasteiger partial charge in [0.25, 0.3) is 0 Å². The number of nitrogens with zero attached hydrogens (tertiary/aromatic N) is 6. The maximum Gasteiger partial charge on any atom is 0.188 e. The lowest BCUT2D eigenvalue weighted by Crippen LogP contribution is -2.05. The van der Waals surface area contributed by atoms with E-state index in [2.05, 4.69) is 88.1 Å². The number of hydrogen-bond donors (Lipinski definition) is 0. The molecule has 0 radical (unpaired) electrons. The molecule has 9 rings (SSSR count). The van der Waals surface area contributed by atoms with Crippen molar-refractivity contribution in [2.45, 2.75) is 0 Å². The van der Waals surface area contributed by atoms with Gasteiger partial charge in [0.2, 0.25) is 0 Å². The van der Waals surface area contributed by atoms with Crippen LogP contribution in [0.2, 0.25) is 0 Å². The second-order valence-electron chi connectivity index (χ2n) is 13.9. The monoisotopic (exact) mass is 754 g/mol. The van der Waals surface area contributed by atoms with E-state index in [1.165, 1.54) is 0 Å². The zero-order valence-corrected chi connectivity index (χ0v) is 31.9. The Morgan fingerprint density at radius 2 is 0.949 bits per heavy atom. The molecule has 6 heteroatoms. The van der Waals surface area contributed by atoms with Gasteiger partial charge in [-0.1, -0.05) is 159 Å². The molecule has 0 spiro atoms. The second-order valence-corrected chi connectivity index (χ2v) is 13.9. The van der Waals surface area contributed by atoms with Crippen molar-refractivity contribution in [2.75, 3.05) is 0 Å². The standard InChI is InChI=1S/C53H34N6/c1-5-16-35(6-2)44-31-41(53-57-51(39-21-14-9-15-22-39)56-52(58-53)40-25-23-37(24-26-40)36-17-10-7-11-18-36)32-45(38-19-12-8-13-20-38)50(44)59-48-29-27-42(54-3)33-46(48)47-34-43(55-4)28-30-49(47)59/h5-34H,1-2H2/b35-16+. The maximum atomic E-state index is 7.80. The highest BCUT2D eigenvalue weighted by Gasteiger charge is 2.23. The normalized spacial score (nSPS) is 11.3. The Morgan fingerprint density at radius 1 is 0.492 bits per heavy atom. The van der Waals surface area contributed by atoms with Crippen LogP contribution in [0, 0.1) is 13.1 Å². The highest BCUT2D eigenvalue weighted by molar-refractivity contribution is 6.12. The van der Waals surface area contributed by atoms with Gasteiger partial charge in [0.05, 0.1) is 29.9 Å². The van der Waals surface area contributed by atoms with Crippen LogP contribution in [0.1, 0.15) is 5.56 Å². The van der Waals surface area contributed by atoms with Crippen molar-refractivity contribution in [1.29, 1.82) is 0 Å². The van der Waals surface area contributed by atoms with Gasteiger partial charge >= 0.3 is 0 Å². The van der Waals surface area contributed by atoms with E-state index in [0.717, 1.165) is 77.6 Å². The third kappa shape index (κ3) is 6.78. The first kappa shape index (κ1) is 36.2. The van der Waals surface area contributed by atoms with Crippen molar-refractivity contribution < 1.29 is 0 Å². The lowest BCUT2D eigenvalue weighted by Gasteiger charge is -2.21. The van der Waals surface area contributed by atoms with E-state index in [0.29, 0.717) is 28.8 Å². The summed E-state index contributed by atoms with van der Waals surface area (Å²) >= 11 is 0. The number of hydrogen-bond acceptors (Lipinski definition) is 3. The summed E-state index contributed by atoms with van der Waals surface area (Å²) in [5, 5.41) is 1.77. The molecule has 0 unspecified atom stereocenters. The Labute approximate surface area is 342 Å². The molecule has 0 aliphatic heterocycles. The van der Waals surface area contributed by atoms with Gasteiger partial charge < -0.3 is 4.57 Å². The summed E-state index contributed by atoms with van der Waals surface area (Å²) in [6.45, 7) is 23.9. The highest BCUT2D eigenvalue weighted by Crippen LogP contribution is 2.44. The Bertz CT molecular complexity index is 3110. The molecule has 2 aromatic heterocycles. The van der Waals surface area contributed by atoms with E-state index < -0.39 is 0 Å². The van der Waals surface area contributed by atoms with Gasteiger partial charge in [-0.25, -0.2) is 24.6 Å². The molecule has 0 saturated heterocycles.